The van der Waals surface area contributed by atoms with Crippen LogP contribution in [0.5, 0.6) is 5.75 Å². The third-order valence-corrected chi connectivity index (χ3v) is 3.79. The van der Waals surface area contributed by atoms with Crippen LogP contribution in [0, 0.1) is 5.92 Å². The molecule has 8 heteroatoms. The van der Waals surface area contributed by atoms with Crippen molar-refractivity contribution in [2.75, 3.05) is 24.7 Å². The number of thioether (sulfide) groups is 1. The molecule has 0 atom stereocenters. The fraction of sp³-hybridized carbons (Fsp3) is 0.600. The Bertz CT molecular complexity index is 603. The van der Waals surface area contributed by atoms with Crippen LogP contribution in [0.2, 0.25) is 0 Å². The predicted octanol–water partition coefficient (Wildman–Crippen LogP) is 4.84. The number of hydrogen-bond donors (Lipinski definition) is 2. The molecule has 2 rings (SSSR count). The van der Waals surface area contributed by atoms with Gasteiger partial charge in [-0.15, -0.1) is 0 Å². The molecule has 0 bridgehead atoms. The third kappa shape index (κ3) is 13.1. The largest absolute Gasteiger partial charge is 0.497 e. The van der Waals surface area contributed by atoms with E-state index < -0.39 is 0 Å². The van der Waals surface area contributed by atoms with Crippen LogP contribution in [0.4, 0.5) is 5.82 Å². The lowest BCUT2D eigenvalue weighted by atomic mass is 10.2. The first-order valence-corrected chi connectivity index (χ1v) is 10.7. The molecule has 0 saturated heterocycles. The van der Waals surface area contributed by atoms with Gasteiger partial charge >= 0.3 is 0 Å². The van der Waals surface area contributed by atoms with Crippen molar-refractivity contribution in [3.63, 3.8) is 0 Å². The van der Waals surface area contributed by atoms with Crippen LogP contribution in [0.1, 0.15) is 57.7 Å². The predicted molar refractivity (Wildman–Crippen MR) is 124 cm³/mol. The van der Waals surface area contributed by atoms with Crippen LogP contribution in [0.15, 0.2) is 23.3 Å². The number of methoxy groups -OCH3 is 1. The molecule has 1 aliphatic rings. The number of amidine groups is 1. The SMILES string of the molecule is CC.CC.CCC(=O)NC1=NCCS1.COc1ccnc(NC(=O)C(C)C)c1.[HH].[HH]. The van der Waals surface area contributed by atoms with Crippen molar-refractivity contribution in [2.45, 2.75) is 54.9 Å². The van der Waals surface area contributed by atoms with E-state index in [1.54, 1.807) is 37.2 Å². The highest BCUT2D eigenvalue weighted by Gasteiger charge is 2.08. The van der Waals surface area contributed by atoms with Gasteiger partial charge < -0.3 is 15.4 Å². The van der Waals surface area contributed by atoms with E-state index >= 15 is 0 Å². The number of carbonyl (C=O) groups excluding carboxylic acids is 2. The summed E-state index contributed by atoms with van der Waals surface area (Å²) in [6.45, 7) is 14.3. The summed E-state index contributed by atoms with van der Waals surface area (Å²) >= 11 is 1.60. The van der Waals surface area contributed by atoms with E-state index in [2.05, 4.69) is 20.6 Å². The number of aromatic nitrogens is 1. The van der Waals surface area contributed by atoms with Gasteiger partial charge in [-0.25, -0.2) is 4.98 Å². The number of hydrogen-bond acceptors (Lipinski definition) is 6. The summed E-state index contributed by atoms with van der Waals surface area (Å²) in [7, 11) is 1.57. The van der Waals surface area contributed by atoms with Crippen LogP contribution >= 0.6 is 11.8 Å². The molecule has 1 aliphatic heterocycles. The number of nitrogens with zero attached hydrogens (tertiary/aromatic N) is 2. The van der Waals surface area contributed by atoms with Crippen molar-refractivity contribution in [3.05, 3.63) is 18.3 Å². The minimum atomic E-state index is -0.0528. The van der Waals surface area contributed by atoms with Crippen molar-refractivity contribution in [1.29, 1.82) is 0 Å². The number of rotatable bonds is 4. The van der Waals surface area contributed by atoms with Gasteiger partial charge in [-0.1, -0.05) is 60.2 Å². The Labute approximate surface area is 177 Å². The molecule has 2 N–H and O–H groups in total. The zero-order chi connectivity index (χ0) is 21.9. The van der Waals surface area contributed by atoms with Crippen molar-refractivity contribution < 1.29 is 17.2 Å². The molecule has 0 radical (unpaired) electrons. The van der Waals surface area contributed by atoms with E-state index in [4.69, 9.17) is 4.74 Å². The average molecular weight is 417 g/mol. The molecule has 0 saturated carbocycles. The molecule has 1 aromatic rings. The molecule has 0 aliphatic carbocycles. The molecule has 164 valence electrons. The second-order valence-corrected chi connectivity index (χ2v) is 6.25. The first-order valence-electron chi connectivity index (χ1n) is 9.74. The van der Waals surface area contributed by atoms with Gasteiger partial charge in [0.05, 0.1) is 13.7 Å². The Morgan fingerprint density at radius 3 is 2.36 bits per heavy atom. The number of ether oxygens (including phenoxy) is 1. The lowest BCUT2D eigenvalue weighted by molar-refractivity contribution is -0.119. The van der Waals surface area contributed by atoms with Crippen LogP contribution in [-0.4, -0.2) is 41.4 Å². The molecule has 0 aromatic carbocycles. The van der Waals surface area contributed by atoms with E-state index in [1.165, 1.54) is 0 Å². The Morgan fingerprint density at radius 2 is 1.89 bits per heavy atom. The maximum absolute atomic E-state index is 11.3. The first kappa shape index (κ1) is 28.1. The molecular formula is C20H40N4O3S. The van der Waals surface area contributed by atoms with Gasteiger partial charge in [0.2, 0.25) is 11.8 Å². The maximum atomic E-state index is 11.3. The fourth-order valence-corrected chi connectivity index (χ4v) is 2.24. The summed E-state index contributed by atoms with van der Waals surface area (Å²) in [5, 5.41) is 6.17. The molecule has 2 heterocycles. The number of pyridine rings is 1. The topological polar surface area (TPSA) is 92.7 Å². The van der Waals surface area contributed by atoms with Crippen molar-refractivity contribution in [2.24, 2.45) is 10.9 Å². The van der Waals surface area contributed by atoms with Crippen LogP contribution in [-0.2, 0) is 9.59 Å². The van der Waals surface area contributed by atoms with Crippen LogP contribution < -0.4 is 15.4 Å². The highest BCUT2D eigenvalue weighted by Crippen LogP contribution is 2.14. The second-order valence-electron chi connectivity index (χ2n) is 5.16. The number of amides is 2. The van der Waals surface area contributed by atoms with E-state index in [1.807, 2.05) is 48.5 Å². The summed E-state index contributed by atoms with van der Waals surface area (Å²) in [6.07, 6.45) is 2.12. The minimum absolute atomic E-state index is 0. The summed E-state index contributed by atoms with van der Waals surface area (Å²) in [5.41, 5.74) is 0. The van der Waals surface area contributed by atoms with Gasteiger partial charge in [0.1, 0.15) is 11.6 Å². The van der Waals surface area contributed by atoms with Crippen molar-refractivity contribution in [3.8, 4) is 5.75 Å². The third-order valence-electron chi connectivity index (χ3n) is 2.90. The molecule has 0 spiro atoms. The summed E-state index contributed by atoms with van der Waals surface area (Å²) in [4.78, 5) is 30.2. The zero-order valence-corrected chi connectivity index (χ0v) is 19.3. The Kier molecular flexibility index (Phi) is 18.4. The van der Waals surface area contributed by atoms with Gasteiger partial charge in [-0.2, -0.15) is 0 Å². The van der Waals surface area contributed by atoms with Crippen LogP contribution in [0.3, 0.4) is 0 Å². The van der Waals surface area contributed by atoms with Crippen molar-refractivity contribution in [1.82, 2.24) is 10.3 Å². The summed E-state index contributed by atoms with van der Waals surface area (Å²) in [5.74, 6) is 2.14. The highest BCUT2D eigenvalue weighted by molar-refractivity contribution is 8.14. The highest BCUT2D eigenvalue weighted by atomic mass is 32.2. The maximum Gasteiger partial charge on any atom is 0.228 e. The number of anilines is 1. The molecule has 1 aromatic heterocycles. The molecule has 0 unspecified atom stereocenters. The summed E-state index contributed by atoms with van der Waals surface area (Å²) < 4.78 is 5.01. The standard InChI is InChI=1S/C10H14N2O2.C6H10N2OS.2C2H6.2H2/c1-7(2)10(13)12-9-6-8(14-3)4-5-11-9;1-2-5(9)8-6-7-3-4-10-6;2*1-2;;/h4-7H,1-3H3,(H,11,12,13);2-4H2,1H3,(H,7,8,9);2*1-2H3;2*1H. The quantitative estimate of drug-likeness (QED) is 0.732. The van der Waals surface area contributed by atoms with Gasteiger partial charge in [-0.05, 0) is 6.07 Å². The summed E-state index contributed by atoms with van der Waals surface area (Å²) in [6, 6.07) is 3.41. The normalized spacial score (nSPS) is 11.4. The minimum Gasteiger partial charge on any atom is -0.497 e. The lowest BCUT2D eigenvalue weighted by Gasteiger charge is -2.07. The Balaban J connectivity index is -0.000000188. The van der Waals surface area contributed by atoms with E-state index in [-0.39, 0.29) is 20.6 Å². The molecule has 0 fully saturated rings. The van der Waals surface area contributed by atoms with Gasteiger partial charge in [-0.3, -0.25) is 14.6 Å². The zero-order valence-electron chi connectivity index (χ0n) is 18.5. The molecule has 2 amide bonds. The van der Waals surface area contributed by atoms with E-state index in [0.717, 1.165) is 17.5 Å². The molecule has 28 heavy (non-hydrogen) atoms. The number of carbonyl (C=O) groups is 2. The second kappa shape index (κ2) is 18.3. The number of nitrogens with one attached hydrogen (secondary N) is 2. The van der Waals surface area contributed by atoms with Gasteiger partial charge in [0.15, 0.2) is 5.17 Å². The molecule has 7 nitrogen and oxygen atoms in total. The lowest BCUT2D eigenvalue weighted by Crippen LogP contribution is -2.26. The first-order chi connectivity index (χ1) is 13.5. The van der Waals surface area contributed by atoms with Crippen molar-refractivity contribution >= 4 is 34.6 Å². The molecular weight excluding hydrogens is 376 g/mol. The number of aliphatic imine (C=N–C) groups is 1. The Morgan fingerprint density at radius 1 is 1.25 bits per heavy atom. The van der Waals surface area contributed by atoms with E-state index in [0.29, 0.717) is 18.0 Å². The smallest absolute Gasteiger partial charge is 0.228 e. The average Bonchev–Trinajstić information content (AvgIpc) is 3.24. The Hall–Kier alpha value is -2.09. The van der Waals surface area contributed by atoms with Gasteiger partial charge in [0, 0.05) is 33.2 Å². The van der Waals surface area contributed by atoms with Gasteiger partial charge in [0.25, 0.3) is 0 Å². The monoisotopic (exact) mass is 416 g/mol. The van der Waals surface area contributed by atoms with E-state index in [9.17, 15) is 9.59 Å². The van der Waals surface area contributed by atoms with Crippen LogP contribution in [0.25, 0.3) is 0 Å². The fourth-order valence-electron chi connectivity index (χ4n) is 1.50.